The Balaban J connectivity index is 1.89. The van der Waals surface area contributed by atoms with Gasteiger partial charge in [0.15, 0.2) is 0 Å². The van der Waals surface area contributed by atoms with E-state index >= 15 is 0 Å². The van der Waals surface area contributed by atoms with Crippen LogP contribution >= 0.6 is 11.8 Å². The fourth-order valence-corrected chi connectivity index (χ4v) is 4.38. The molecule has 2 heterocycles. The first-order valence-corrected chi connectivity index (χ1v) is 8.07. The van der Waals surface area contributed by atoms with Gasteiger partial charge in [-0.15, -0.1) is 0 Å². The number of aliphatic hydroxyl groups is 1. The van der Waals surface area contributed by atoms with Crippen molar-refractivity contribution in [2.45, 2.75) is 38.3 Å². The summed E-state index contributed by atoms with van der Waals surface area (Å²) in [7, 11) is 0. The summed E-state index contributed by atoms with van der Waals surface area (Å²) >= 11 is 2.08. The van der Waals surface area contributed by atoms with Crippen LogP contribution in [0.15, 0.2) is 18.2 Å². The number of rotatable bonds is 2. The Morgan fingerprint density at radius 2 is 2.33 bits per heavy atom. The average molecular weight is 263 g/mol. The summed E-state index contributed by atoms with van der Waals surface area (Å²) in [4.78, 5) is 2.58. The van der Waals surface area contributed by atoms with Gasteiger partial charge in [-0.25, -0.2) is 0 Å². The van der Waals surface area contributed by atoms with Crippen molar-refractivity contribution in [3.05, 3.63) is 29.3 Å². The highest BCUT2D eigenvalue weighted by molar-refractivity contribution is 7.99. The molecule has 2 aliphatic heterocycles. The van der Waals surface area contributed by atoms with Crippen LogP contribution in [0.1, 0.15) is 37.0 Å². The molecule has 1 aromatic carbocycles. The molecule has 2 unspecified atom stereocenters. The van der Waals surface area contributed by atoms with Crippen LogP contribution in [0.3, 0.4) is 0 Å². The van der Waals surface area contributed by atoms with Crippen LogP contribution in [0, 0.1) is 0 Å². The van der Waals surface area contributed by atoms with Crippen molar-refractivity contribution in [3.63, 3.8) is 0 Å². The Morgan fingerprint density at radius 3 is 3.06 bits per heavy atom. The van der Waals surface area contributed by atoms with Crippen molar-refractivity contribution < 1.29 is 5.11 Å². The van der Waals surface area contributed by atoms with E-state index in [4.69, 9.17) is 0 Å². The SMILES string of the molecule is CC(O)c1cccc2c1CCN2C1CCCSC1. The van der Waals surface area contributed by atoms with Gasteiger partial charge in [0.1, 0.15) is 0 Å². The molecule has 0 saturated carbocycles. The van der Waals surface area contributed by atoms with E-state index < -0.39 is 0 Å². The zero-order valence-corrected chi connectivity index (χ0v) is 11.7. The molecule has 0 aromatic heterocycles. The fraction of sp³-hybridized carbons (Fsp3) is 0.600. The van der Waals surface area contributed by atoms with Crippen LogP contribution < -0.4 is 4.90 Å². The number of thioether (sulfide) groups is 1. The molecule has 2 atom stereocenters. The largest absolute Gasteiger partial charge is 0.389 e. The Kier molecular flexibility index (Phi) is 3.53. The van der Waals surface area contributed by atoms with E-state index in [-0.39, 0.29) is 6.10 Å². The summed E-state index contributed by atoms with van der Waals surface area (Å²) < 4.78 is 0. The Morgan fingerprint density at radius 1 is 1.44 bits per heavy atom. The highest BCUT2D eigenvalue weighted by Crippen LogP contribution is 2.37. The third kappa shape index (κ3) is 2.14. The number of anilines is 1. The number of aliphatic hydroxyl groups excluding tert-OH is 1. The summed E-state index contributed by atoms with van der Waals surface area (Å²) in [6.45, 7) is 3.00. The van der Waals surface area contributed by atoms with Crippen molar-refractivity contribution in [2.75, 3.05) is 23.0 Å². The van der Waals surface area contributed by atoms with E-state index in [1.165, 1.54) is 35.6 Å². The molecule has 1 aromatic rings. The van der Waals surface area contributed by atoms with Gasteiger partial charge in [0.05, 0.1) is 6.10 Å². The predicted octanol–water partition coefficient (Wildman–Crippen LogP) is 3.00. The first kappa shape index (κ1) is 12.4. The molecule has 18 heavy (non-hydrogen) atoms. The molecule has 2 nitrogen and oxygen atoms in total. The van der Waals surface area contributed by atoms with Crippen molar-refractivity contribution in [2.24, 2.45) is 0 Å². The van der Waals surface area contributed by atoms with Crippen molar-refractivity contribution in [3.8, 4) is 0 Å². The van der Waals surface area contributed by atoms with E-state index in [9.17, 15) is 5.11 Å². The van der Waals surface area contributed by atoms with Crippen LogP contribution in [0.25, 0.3) is 0 Å². The van der Waals surface area contributed by atoms with Gasteiger partial charge in [-0.1, -0.05) is 12.1 Å². The number of hydrogen-bond donors (Lipinski definition) is 1. The molecule has 0 bridgehead atoms. The molecule has 1 saturated heterocycles. The second-order valence-corrected chi connectivity index (χ2v) is 6.49. The van der Waals surface area contributed by atoms with Crippen molar-refractivity contribution in [1.82, 2.24) is 0 Å². The summed E-state index contributed by atoms with van der Waals surface area (Å²) in [6.07, 6.45) is 3.42. The average Bonchev–Trinajstić information content (AvgIpc) is 2.83. The third-order valence-corrected chi connectivity index (χ3v) is 5.32. The molecule has 3 rings (SSSR count). The molecule has 3 heteroatoms. The van der Waals surface area contributed by atoms with Gasteiger partial charge >= 0.3 is 0 Å². The van der Waals surface area contributed by atoms with Gasteiger partial charge in [-0.05, 0) is 49.1 Å². The molecular formula is C15H21NOS. The lowest BCUT2D eigenvalue weighted by Gasteiger charge is -2.33. The smallest absolute Gasteiger partial charge is 0.0765 e. The van der Waals surface area contributed by atoms with E-state index in [0.29, 0.717) is 6.04 Å². The minimum absolute atomic E-state index is 0.347. The van der Waals surface area contributed by atoms with Gasteiger partial charge in [-0.3, -0.25) is 0 Å². The van der Waals surface area contributed by atoms with Crippen molar-refractivity contribution >= 4 is 17.4 Å². The molecule has 0 spiro atoms. The zero-order chi connectivity index (χ0) is 12.5. The third-order valence-electron chi connectivity index (χ3n) is 4.13. The van der Waals surface area contributed by atoms with Crippen LogP contribution in [-0.4, -0.2) is 29.2 Å². The van der Waals surface area contributed by atoms with E-state index in [2.05, 4.69) is 34.9 Å². The summed E-state index contributed by atoms with van der Waals surface area (Å²) in [5.74, 6) is 2.59. The molecule has 0 aliphatic carbocycles. The lowest BCUT2D eigenvalue weighted by molar-refractivity contribution is 0.198. The van der Waals surface area contributed by atoms with Crippen LogP contribution in [0.2, 0.25) is 0 Å². The summed E-state index contributed by atoms with van der Waals surface area (Å²) in [5, 5.41) is 9.86. The van der Waals surface area contributed by atoms with E-state index in [0.717, 1.165) is 18.5 Å². The van der Waals surface area contributed by atoms with Gasteiger partial charge in [0, 0.05) is 24.0 Å². The lowest BCUT2D eigenvalue weighted by Crippen LogP contribution is -2.37. The normalized spacial score (nSPS) is 25.0. The maximum absolute atomic E-state index is 9.86. The number of fused-ring (bicyclic) bond motifs is 1. The summed E-state index contributed by atoms with van der Waals surface area (Å²) in [6, 6.07) is 7.10. The van der Waals surface area contributed by atoms with Crippen LogP contribution in [-0.2, 0) is 6.42 Å². The topological polar surface area (TPSA) is 23.5 Å². The number of hydrogen-bond acceptors (Lipinski definition) is 3. The highest BCUT2D eigenvalue weighted by Gasteiger charge is 2.29. The quantitative estimate of drug-likeness (QED) is 0.887. The van der Waals surface area contributed by atoms with Crippen LogP contribution in [0.4, 0.5) is 5.69 Å². The minimum atomic E-state index is -0.347. The van der Waals surface area contributed by atoms with Gasteiger partial charge in [0.2, 0.25) is 0 Å². The fourth-order valence-electron chi connectivity index (χ4n) is 3.23. The molecule has 1 N–H and O–H groups in total. The van der Waals surface area contributed by atoms with E-state index in [1.54, 1.807) is 0 Å². The molecule has 2 aliphatic rings. The second-order valence-electron chi connectivity index (χ2n) is 5.34. The molecule has 98 valence electrons. The highest BCUT2D eigenvalue weighted by atomic mass is 32.2. The van der Waals surface area contributed by atoms with Crippen molar-refractivity contribution in [1.29, 1.82) is 0 Å². The Hall–Kier alpha value is -0.670. The van der Waals surface area contributed by atoms with Gasteiger partial charge in [0.25, 0.3) is 0 Å². The maximum atomic E-state index is 9.86. The van der Waals surface area contributed by atoms with Crippen LogP contribution in [0.5, 0.6) is 0 Å². The van der Waals surface area contributed by atoms with Gasteiger partial charge < -0.3 is 10.0 Å². The predicted molar refractivity (Wildman–Crippen MR) is 78.5 cm³/mol. The van der Waals surface area contributed by atoms with E-state index in [1.807, 2.05) is 6.92 Å². The first-order valence-electron chi connectivity index (χ1n) is 6.91. The lowest BCUT2D eigenvalue weighted by atomic mass is 10.0. The minimum Gasteiger partial charge on any atom is -0.389 e. The Bertz CT molecular complexity index is 427. The number of benzene rings is 1. The zero-order valence-electron chi connectivity index (χ0n) is 10.9. The second kappa shape index (κ2) is 5.14. The molecular weight excluding hydrogens is 242 g/mol. The van der Waals surface area contributed by atoms with Gasteiger partial charge in [-0.2, -0.15) is 11.8 Å². The first-order chi connectivity index (χ1) is 8.77. The maximum Gasteiger partial charge on any atom is 0.0765 e. The molecule has 0 amide bonds. The molecule has 0 radical (unpaired) electrons. The monoisotopic (exact) mass is 263 g/mol. The Labute approximate surface area is 113 Å². The standard InChI is InChI=1S/C15H21NOS/c1-11(17)13-5-2-6-15-14(13)7-8-16(15)12-4-3-9-18-10-12/h2,5-6,11-12,17H,3-4,7-10H2,1H3. The molecule has 1 fully saturated rings. The number of nitrogens with zero attached hydrogens (tertiary/aromatic N) is 1. The summed E-state index contributed by atoms with van der Waals surface area (Å²) in [5.41, 5.74) is 3.88.